The van der Waals surface area contributed by atoms with Crippen LogP contribution >= 0.6 is 0 Å². The van der Waals surface area contributed by atoms with Crippen LogP contribution in [-0.2, 0) is 79.7 Å². The molecule has 20 aromatic rings. The Balaban J connectivity index is 0.000000120. The van der Waals surface area contributed by atoms with E-state index in [9.17, 15) is 19.2 Å². The number of benzene rings is 8. The second-order valence-electron chi connectivity index (χ2n) is 35.1. The fourth-order valence-electron chi connectivity index (χ4n) is 17.2. The third-order valence-electron chi connectivity index (χ3n) is 24.5. The highest BCUT2D eigenvalue weighted by atomic mass is 16.2. The third-order valence-corrected chi connectivity index (χ3v) is 24.5. The van der Waals surface area contributed by atoms with Crippen LogP contribution in [-0.4, -0.2) is 116 Å². The van der Waals surface area contributed by atoms with Crippen molar-refractivity contribution in [3.05, 3.63) is 362 Å². The Morgan fingerprint density at radius 3 is 1.07 bits per heavy atom. The van der Waals surface area contributed by atoms with Crippen LogP contribution in [0.3, 0.4) is 0 Å². The number of carbonyl (C=O) groups excluding carboxylic acids is 1. The average Bonchev–Trinajstić information content (AvgIpc) is 1.61. The maximum atomic E-state index is 13.2. The number of imidazole rings is 6. The normalized spacial score (nSPS) is 12.0. The molecule has 28 nitrogen and oxygen atoms in total. The van der Waals surface area contributed by atoms with Crippen molar-refractivity contribution >= 4 is 50.9 Å². The maximum Gasteiger partial charge on any atom is 0.330 e. The number of aromatic nitrogens is 23. The minimum Gasteiger partial charge on any atom is -0.340 e. The summed E-state index contributed by atoms with van der Waals surface area (Å²) in [7, 11) is 11.0. The molecular formula is C106H102N24O4. The minimum absolute atomic E-state index is 0.0531. The topological polar surface area (TPSA) is 288 Å². The molecule has 1 aliphatic heterocycles. The highest BCUT2D eigenvalue weighted by Gasteiger charge is 2.31. The number of aryl methyl sites for hydroxylation is 6. The van der Waals surface area contributed by atoms with Crippen molar-refractivity contribution in [2.45, 2.75) is 112 Å². The molecule has 1 amide bonds. The molecule has 0 aliphatic carbocycles. The molecule has 1 aliphatic rings. The smallest absolute Gasteiger partial charge is 0.330 e. The van der Waals surface area contributed by atoms with Gasteiger partial charge in [0.15, 0.2) is 46.1 Å². The summed E-state index contributed by atoms with van der Waals surface area (Å²) in [4.78, 5) is 109. The number of hydrogen-bond acceptors (Lipinski definition) is 17. The molecule has 0 atom stereocenters. The highest BCUT2D eigenvalue weighted by Crippen LogP contribution is 2.37. The number of pyridine rings is 1. The molecule has 13 heterocycles. The largest absolute Gasteiger partial charge is 0.340 e. The van der Waals surface area contributed by atoms with E-state index >= 15 is 0 Å². The van der Waals surface area contributed by atoms with Crippen molar-refractivity contribution in [1.82, 2.24) is 111 Å². The summed E-state index contributed by atoms with van der Waals surface area (Å²) in [5, 5.41) is 4.34. The van der Waals surface area contributed by atoms with Crippen molar-refractivity contribution in [2.75, 3.05) is 4.90 Å². The molecule has 28 heteroatoms. The van der Waals surface area contributed by atoms with Gasteiger partial charge in [-0.2, -0.15) is 5.10 Å². The van der Waals surface area contributed by atoms with Gasteiger partial charge in [-0.3, -0.25) is 46.2 Å². The van der Waals surface area contributed by atoms with E-state index in [1.54, 1.807) is 108 Å². The number of carbonyl (C=O) groups is 1. The summed E-state index contributed by atoms with van der Waals surface area (Å²) in [6, 6.07) is 71.3. The van der Waals surface area contributed by atoms with Crippen LogP contribution in [0.2, 0.25) is 0 Å². The van der Waals surface area contributed by atoms with E-state index in [-0.39, 0.29) is 23.0 Å². The first-order valence-electron chi connectivity index (χ1n) is 44.8. The summed E-state index contributed by atoms with van der Waals surface area (Å²) in [5.74, 6) is 5.38. The first-order valence-corrected chi connectivity index (χ1v) is 44.8. The first kappa shape index (κ1) is 88.3. The molecule has 0 saturated carbocycles. The number of fused-ring (bicyclic) bond motifs is 5. The summed E-state index contributed by atoms with van der Waals surface area (Å²) < 4.78 is 17.6. The summed E-state index contributed by atoms with van der Waals surface area (Å²) in [6.45, 7) is 19.0. The lowest BCUT2D eigenvalue weighted by molar-refractivity contribution is -0.117. The number of nitrogens with zero attached hydrogens (tertiary/aromatic N) is 24. The van der Waals surface area contributed by atoms with E-state index in [4.69, 9.17) is 19.9 Å². The Bertz CT molecular complexity index is 7700. The Kier molecular flexibility index (Phi) is 24.8. The molecule has 0 saturated heterocycles. The lowest BCUT2D eigenvalue weighted by Crippen LogP contribution is -2.26. The molecule has 0 unspecified atom stereocenters. The lowest BCUT2D eigenvalue weighted by Gasteiger charge is -2.18. The van der Waals surface area contributed by atoms with Gasteiger partial charge in [-0.25, -0.2) is 74.2 Å². The van der Waals surface area contributed by atoms with Crippen molar-refractivity contribution in [2.24, 2.45) is 42.3 Å². The maximum absolute atomic E-state index is 13.2. The fraction of sp³-hybridized carbons (Fsp3) is 0.217. The second kappa shape index (κ2) is 37.6. The highest BCUT2D eigenvalue weighted by molar-refractivity contribution is 6.00. The molecule has 21 rings (SSSR count). The molecule has 0 spiro atoms. The van der Waals surface area contributed by atoms with Gasteiger partial charge in [0, 0.05) is 118 Å². The molecule has 0 radical (unpaired) electrons. The van der Waals surface area contributed by atoms with Crippen LogP contribution in [0.1, 0.15) is 129 Å². The van der Waals surface area contributed by atoms with Gasteiger partial charge in [-0.05, 0) is 85.9 Å². The van der Waals surface area contributed by atoms with Gasteiger partial charge in [0.1, 0.15) is 34.3 Å². The number of rotatable bonds is 20. The van der Waals surface area contributed by atoms with Crippen LogP contribution in [0.25, 0.3) is 130 Å². The number of hydrogen-bond donors (Lipinski definition) is 0. The predicted octanol–water partition coefficient (Wildman–Crippen LogP) is 18.2. The standard InChI is InChI=1S/C29H26N6O.C26H26N6O.C26H25N5O.C25H25N7O/c1-19(2)22-7-4-5-8-23(22)27-31-17-25-28(32-27)35(29(36)33(25)3)18-20-11-13-21(14-12-20)24-9-6-10-26-30-15-16-34(24)26;1-17(2)20-7-5-6-8-21(20)24-27-13-23-25(29-24)32(26(33)31(23)4)14-18-9-11-19(12-10-18)22-15-30(3)16-28-22;1-17(2)21-6-4-5-7-22(21)25-27-13-20-12-24(32)31(26(20)29-25)14-18-8-10-19(11-9-18)23-15-30(3)16-28-23;1-16(2)19-7-5-6-8-20(19)23-26-13-21-24(28-23)32(25(33)31(21)4)14-17-9-11-18(12-10-17)22-27-15-30(3)29-22/h4-17,19H,18H2,1-3H3;5-13,15-17H,14H2,1-4H3;4-11,13,15-17H,12,14H2,1-3H3;5-13,15-16H,14H2,1-4H3. The van der Waals surface area contributed by atoms with Crippen molar-refractivity contribution in [3.8, 4) is 90.7 Å². The summed E-state index contributed by atoms with van der Waals surface area (Å²) >= 11 is 0. The van der Waals surface area contributed by atoms with Crippen molar-refractivity contribution < 1.29 is 4.79 Å². The predicted molar refractivity (Wildman–Crippen MR) is 525 cm³/mol. The molecule has 0 N–H and O–H groups in total. The average molecular weight is 1780 g/mol. The second-order valence-corrected chi connectivity index (χ2v) is 35.1. The Morgan fingerprint density at radius 2 is 0.701 bits per heavy atom. The molecule has 0 bridgehead atoms. The monoisotopic (exact) mass is 1770 g/mol. The van der Waals surface area contributed by atoms with E-state index < -0.39 is 0 Å². The van der Waals surface area contributed by atoms with Crippen LogP contribution in [0, 0.1) is 0 Å². The van der Waals surface area contributed by atoms with E-state index in [1.165, 1.54) is 22.3 Å². The number of amides is 1. The van der Waals surface area contributed by atoms with Gasteiger partial charge in [-0.15, -0.1) is 0 Å². The van der Waals surface area contributed by atoms with Gasteiger partial charge >= 0.3 is 17.1 Å². The van der Waals surface area contributed by atoms with E-state index in [0.717, 1.165) is 101 Å². The van der Waals surface area contributed by atoms with Crippen LogP contribution in [0.5, 0.6) is 0 Å². The Hall–Kier alpha value is -16.4. The van der Waals surface area contributed by atoms with E-state index in [2.05, 4.69) is 165 Å². The zero-order chi connectivity index (χ0) is 93.3. The van der Waals surface area contributed by atoms with Crippen molar-refractivity contribution in [1.29, 1.82) is 0 Å². The zero-order valence-electron chi connectivity index (χ0n) is 77.3. The quantitative estimate of drug-likeness (QED) is 0.0685. The first-order chi connectivity index (χ1) is 64.8. The molecule has 670 valence electrons. The molecule has 134 heavy (non-hydrogen) atoms. The fourth-order valence-corrected chi connectivity index (χ4v) is 17.2. The molecule has 0 fully saturated rings. The molecule has 8 aromatic carbocycles. The van der Waals surface area contributed by atoms with Crippen molar-refractivity contribution in [3.63, 3.8) is 0 Å². The molecule has 12 aromatic heterocycles. The van der Waals surface area contributed by atoms with Gasteiger partial charge in [-0.1, -0.05) is 256 Å². The number of anilines is 1. The van der Waals surface area contributed by atoms with Crippen LogP contribution in [0.4, 0.5) is 5.82 Å². The van der Waals surface area contributed by atoms with E-state index in [1.807, 2.05) is 201 Å². The minimum atomic E-state index is -0.121. The van der Waals surface area contributed by atoms with E-state index in [0.29, 0.717) is 119 Å². The summed E-state index contributed by atoms with van der Waals surface area (Å²) in [6.07, 6.45) is 20.4. The third kappa shape index (κ3) is 18.0. The van der Waals surface area contributed by atoms with Crippen LogP contribution in [0.15, 0.2) is 295 Å². The van der Waals surface area contributed by atoms with Gasteiger partial charge in [0.2, 0.25) is 5.91 Å². The van der Waals surface area contributed by atoms with Gasteiger partial charge in [0.05, 0.1) is 80.9 Å². The zero-order valence-corrected chi connectivity index (χ0v) is 77.3. The Morgan fingerprint density at radius 1 is 0.336 bits per heavy atom. The Labute approximate surface area is 773 Å². The van der Waals surface area contributed by atoms with Crippen LogP contribution < -0.4 is 22.0 Å². The lowest BCUT2D eigenvalue weighted by atomic mass is 9.97. The molecular weight excluding hydrogens is 1670 g/mol. The SMILES string of the molecule is CC(C)c1ccccc1-c1ncc2c(n1)N(Cc1ccc(-c3cn(C)cn3)cc1)C(=O)C2.CC(C)c1ccccc1-c1ncc2c(n1)n(Cc1ccc(-c3cccc4nccn34)cc1)c(=O)n2C.CC(C)c1ccccc1-c1ncc2c(n1)n(Cc1ccc(-c3cn(C)cn3)cc1)c(=O)n2C.CC(C)c1ccccc1-c1ncc2c(n1)n(Cc1ccc(-c3ncn(C)n3)cc1)c(=O)n2C. The summed E-state index contributed by atoms with van der Waals surface area (Å²) in [5.41, 5.74) is 25.4. The van der Waals surface area contributed by atoms with Gasteiger partial charge in [0.25, 0.3) is 0 Å². The van der Waals surface area contributed by atoms with Gasteiger partial charge < -0.3 is 9.13 Å².